The number of nitrogens with one attached hydrogen (secondary N) is 2. The van der Waals surface area contributed by atoms with E-state index in [1.807, 2.05) is 24.3 Å². The van der Waals surface area contributed by atoms with Gasteiger partial charge in [-0.05, 0) is 30.5 Å². The first-order valence-electron chi connectivity index (χ1n) is 6.55. The third-order valence-corrected chi connectivity index (χ3v) is 3.88. The van der Waals surface area contributed by atoms with Crippen molar-refractivity contribution < 1.29 is 9.90 Å². The van der Waals surface area contributed by atoms with Crippen molar-refractivity contribution in [1.29, 1.82) is 0 Å². The Morgan fingerprint density at radius 2 is 2.22 bits per heavy atom. The number of aliphatic hydroxyl groups excluding tert-OH is 1. The van der Waals surface area contributed by atoms with Gasteiger partial charge in [-0.1, -0.05) is 24.3 Å². The van der Waals surface area contributed by atoms with Gasteiger partial charge in [-0.3, -0.25) is 4.79 Å². The van der Waals surface area contributed by atoms with Gasteiger partial charge in [0.15, 0.2) is 0 Å². The average Bonchev–Trinajstić information content (AvgIpc) is 2.98. The second-order valence-electron chi connectivity index (χ2n) is 5.11. The van der Waals surface area contributed by atoms with Crippen LogP contribution in [0.4, 0.5) is 0 Å². The molecule has 0 saturated carbocycles. The molecule has 0 radical (unpaired) electrons. The van der Waals surface area contributed by atoms with Crippen LogP contribution in [0.15, 0.2) is 24.3 Å². The fourth-order valence-corrected chi connectivity index (χ4v) is 2.91. The van der Waals surface area contributed by atoms with Gasteiger partial charge in [-0.15, -0.1) is 0 Å². The summed E-state index contributed by atoms with van der Waals surface area (Å²) in [6, 6.07) is 7.57. The first kappa shape index (κ1) is 11.7. The van der Waals surface area contributed by atoms with Crippen molar-refractivity contribution in [2.75, 3.05) is 6.54 Å². The van der Waals surface area contributed by atoms with Gasteiger partial charge in [-0.25, -0.2) is 0 Å². The zero-order valence-corrected chi connectivity index (χ0v) is 10.2. The molecule has 1 heterocycles. The van der Waals surface area contributed by atoms with E-state index in [0.717, 1.165) is 30.5 Å². The lowest BCUT2D eigenvalue weighted by Crippen LogP contribution is -2.44. The minimum Gasteiger partial charge on any atom is -0.390 e. The molecule has 1 saturated heterocycles. The van der Waals surface area contributed by atoms with Crippen LogP contribution in [0.5, 0.6) is 0 Å². The highest BCUT2D eigenvalue weighted by Crippen LogP contribution is 2.31. The average molecular weight is 246 g/mol. The largest absolute Gasteiger partial charge is 0.390 e. The lowest BCUT2D eigenvalue weighted by Gasteiger charge is -2.20. The molecule has 96 valence electrons. The van der Waals surface area contributed by atoms with Gasteiger partial charge >= 0.3 is 0 Å². The second kappa shape index (κ2) is 4.71. The van der Waals surface area contributed by atoms with Crippen LogP contribution in [0, 0.1) is 0 Å². The molecule has 3 rings (SSSR count). The third kappa shape index (κ3) is 2.02. The maximum Gasteiger partial charge on any atom is 0.237 e. The lowest BCUT2D eigenvalue weighted by atomic mass is 10.1. The number of fused-ring (bicyclic) bond motifs is 1. The molecule has 1 aliphatic carbocycles. The minimum absolute atomic E-state index is 0.00764. The van der Waals surface area contributed by atoms with Crippen LogP contribution in [0.3, 0.4) is 0 Å². The molecule has 0 aromatic heterocycles. The predicted octanol–water partition coefficient (Wildman–Crippen LogP) is 0.513. The van der Waals surface area contributed by atoms with Crippen LogP contribution in [0.1, 0.15) is 30.0 Å². The summed E-state index contributed by atoms with van der Waals surface area (Å²) in [5.74, 6) is 0.00764. The number of carbonyl (C=O) groups excluding carboxylic acids is 1. The summed E-state index contributed by atoms with van der Waals surface area (Å²) in [6.07, 6.45) is 2.05. The van der Waals surface area contributed by atoms with Crippen molar-refractivity contribution in [3.63, 3.8) is 0 Å². The van der Waals surface area contributed by atoms with Crippen LogP contribution < -0.4 is 10.6 Å². The normalized spacial score (nSPS) is 30.2. The monoisotopic (exact) mass is 246 g/mol. The molecule has 1 aliphatic heterocycles. The molecule has 1 amide bonds. The zero-order valence-electron chi connectivity index (χ0n) is 10.2. The number of amides is 1. The fourth-order valence-electron chi connectivity index (χ4n) is 2.91. The van der Waals surface area contributed by atoms with E-state index in [-0.39, 0.29) is 18.0 Å². The summed E-state index contributed by atoms with van der Waals surface area (Å²) < 4.78 is 0. The fraction of sp³-hybridized carbons (Fsp3) is 0.500. The first-order chi connectivity index (χ1) is 8.75. The summed E-state index contributed by atoms with van der Waals surface area (Å²) in [5.41, 5.74) is 2.19. The van der Waals surface area contributed by atoms with Gasteiger partial charge in [-0.2, -0.15) is 0 Å². The Hall–Kier alpha value is -1.39. The maximum atomic E-state index is 12.1. The summed E-state index contributed by atoms with van der Waals surface area (Å²) in [4.78, 5) is 12.1. The van der Waals surface area contributed by atoms with Crippen LogP contribution in [0.25, 0.3) is 0 Å². The standard InChI is InChI=1S/C14H18N2O2/c17-12-8-9-4-1-2-5-10(9)13(12)16-14(18)11-6-3-7-15-11/h1-2,4-5,11-13,15,17H,3,6-8H2,(H,16,18)/t11-,12+,13-/m1/s1. The number of aliphatic hydroxyl groups is 1. The van der Waals surface area contributed by atoms with Crippen LogP contribution in [0.2, 0.25) is 0 Å². The van der Waals surface area contributed by atoms with Crippen molar-refractivity contribution in [3.05, 3.63) is 35.4 Å². The van der Waals surface area contributed by atoms with Gasteiger partial charge in [0.25, 0.3) is 0 Å². The Bertz CT molecular complexity index is 455. The van der Waals surface area contributed by atoms with E-state index in [4.69, 9.17) is 0 Å². The molecule has 0 spiro atoms. The van der Waals surface area contributed by atoms with Crippen LogP contribution >= 0.6 is 0 Å². The summed E-state index contributed by atoms with van der Waals surface area (Å²) in [7, 11) is 0. The van der Waals surface area contributed by atoms with E-state index in [1.54, 1.807) is 0 Å². The molecule has 3 atom stereocenters. The third-order valence-electron chi connectivity index (χ3n) is 3.88. The van der Waals surface area contributed by atoms with Crippen molar-refractivity contribution >= 4 is 5.91 Å². The smallest absolute Gasteiger partial charge is 0.237 e. The first-order valence-corrected chi connectivity index (χ1v) is 6.55. The molecule has 3 N–H and O–H groups in total. The Morgan fingerprint density at radius 3 is 3.00 bits per heavy atom. The van der Waals surface area contributed by atoms with Crippen LogP contribution in [-0.2, 0) is 11.2 Å². The summed E-state index contributed by atoms with van der Waals surface area (Å²) in [5, 5.41) is 16.2. The van der Waals surface area contributed by atoms with E-state index in [9.17, 15) is 9.90 Å². The number of benzene rings is 1. The minimum atomic E-state index is -0.507. The van der Waals surface area contributed by atoms with Crippen molar-refractivity contribution in [1.82, 2.24) is 10.6 Å². The Balaban J connectivity index is 1.74. The van der Waals surface area contributed by atoms with Gasteiger partial charge in [0.2, 0.25) is 5.91 Å². The second-order valence-corrected chi connectivity index (χ2v) is 5.11. The van der Waals surface area contributed by atoms with E-state index in [2.05, 4.69) is 10.6 Å². The van der Waals surface area contributed by atoms with E-state index < -0.39 is 6.10 Å². The Morgan fingerprint density at radius 1 is 1.39 bits per heavy atom. The number of carbonyl (C=O) groups is 1. The van der Waals surface area contributed by atoms with Gasteiger partial charge in [0, 0.05) is 6.42 Å². The topological polar surface area (TPSA) is 61.4 Å². The maximum absolute atomic E-state index is 12.1. The molecule has 4 nitrogen and oxygen atoms in total. The van der Waals surface area contributed by atoms with Crippen molar-refractivity contribution in [3.8, 4) is 0 Å². The van der Waals surface area contributed by atoms with Crippen molar-refractivity contribution in [2.24, 2.45) is 0 Å². The van der Waals surface area contributed by atoms with Gasteiger partial charge in [0.1, 0.15) is 0 Å². The number of hydrogen-bond acceptors (Lipinski definition) is 3. The molecule has 4 heteroatoms. The predicted molar refractivity (Wildman–Crippen MR) is 68.1 cm³/mol. The molecule has 2 aliphatic rings. The SMILES string of the molecule is O=C(N[C@@H]1c2ccccc2C[C@@H]1O)[C@H]1CCCN1. The molecule has 1 aromatic carbocycles. The summed E-state index contributed by atoms with van der Waals surface area (Å²) >= 11 is 0. The van der Waals surface area contributed by atoms with Crippen LogP contribution in [-0.4, -0.2) is 29.7 Å². The highest BCUT2D eigenvalue weighted by molar-refractivity contribution is 5.82. The quantitative estimate of drug-likeness (QED) is 0.712. The molecule has 0 bridgehead atoms. The Kier molecular flexibility index (Phi) is 3.06. The van der Waals surface area contributed by atoms with E-state index >= 15 is 0 Å². The number of rotatable bonds is 2. The molecule has 1 fully saturated rings. The lowest BCUT2D eigenvalue weighted by molar-refractivity contribution is -0.124. The van der Waals surface area contributed by atoms with Gasteiger partial charge in [0.05, 0.1) is 18.2 Å². The highest BCUT2D eigenvalue weighted by Gasteiger charge is 2.33. The zero-order chi connectivity index (χ0) is 12.5. The van der Waals surface area contributed by atoms with Crippen molar-refractivity contribution in [2.45, 2.75) is 37.5 Å². The van der Waals surface area contributed by atoms with E-state index in [0.29, 0.717) is 6.42 Å². The highest BCUT2D eigenvalue weighted by atomic mass is 16.3. The Labute approximate surface area is 106 Å². The molecule has 18 heavy (non-hydrogen) atoms. The molecular formula is C14H18N2O2. The molecule has 0 unspecified atom stereocenters. The molecular weight excluding hydrogens is 228 g/mol. The van der Waals surface area contributed by atoms with Gasteiger partial charge < -0.3 is 15.7 Å². The molecule has 1 aromatic rings. The van der Waals surface area contributed by atoms with E-state index in [1.165, 1.54) is 0 Å². The summed E-state index contributed by atoms with van der Waals surface area (Å²) in [6.45, 7) is 0.905. The number of hydrogen-bond donors (Lipinski definition) is 3.